The summed E-state index contributed by atoms with van der Waals surface area (Å²) < 4.78 is 18.1. The van der Waals surface area contributed by atoms with E-state index in [4.69, 9.17) is 19.9 Å². The fourth-order valence-corrected chi connectivity index (χ4v) is 4.63. The number of carbonyl (C=O) groups excluding carboxylic acids is 1. The molecule has 30 heavy (non-hydrogen) atoms. The molecule has 2 fully saturated rings. The molecule has 6 heteroatoms. The molecule has 0 unspecified atom stereocenters. The highest BCUT2D eigenvalue weighted by molar-refractivity contribution is 5.86. The first kappa shape index (κ1) is 23.0. The van der Waals surface area contributed by atoms with Gasteiger partial charge in [-0.05, 0) is 42.5 Å². The van der Waals surface area contributed by atoms with Gasteiger partial charge in [0.1, 0.15) is 12.1 Å². The van der Waals surface area contributed by atoms with Crippen molar-refractivity contribution in [2.24, 2.45) is 11.7 Å². The molecule has 2 N–H and O–H groups in total. The van der Waals surface area contributed by atoms with Crippen molar-refractivity contribution in [2.45, 2.75) is 63.4 Å². The van der Waals surface area contributed by atoms with E-state index in [1.165, 1.54) is 29.2 Å². The maximum absolute atomic E-state index is 12.3. The summed E-state index contributed by atoms with van der Waals surface area (Å²) in [5.74, 6) is -0.335. The molecule has 0 aromatic heterocycles. The molecule has 0 spiro atoms. The Morgan fingerprint density at radius 1 is 1.07 bits per heavy atom. The fourth-order valence-electron chi connectivity index (χ4n) is 4.63. The zero-order valence-electron chi connectivity index (χ0n) is 17.5. The molecule has 5 nitrogen and oxygen atoms in total. The molecule has 2 aromatic rings. The highest BCUT2D eigenvalue weighted by Gasteiger charge is 2.36. The summed E-state index contributed by atoms with van der Waals surface area (Å²) in [7, 11) is 0. The number of cyclic esters (lactones) is 1. The van der Waals surface area contributed by atoms with Crippen molar-refractivity contribution in [3.8, 4) is 0 Å². The second-order valence-corrected chi connectivity index (χ2v) is 8.40. The number of benzene rings is 2. The lowest BCUT2D eigenvalue weighted by Crippen LogP contribution is -2.43. The first-order valence-electron chi connectivity index (χ1n) is 10.8. The number of nitrogens with two attached hydrogens (primary N) is 1. The third-order valence-electron chi connectivity index (χ3n) is 6.18. The van der Waals surface area contributed by atoms with Crippen LogP contribution in [0.4, 0.5) is 0 Å². The van der Waals surface area contributed by atoms with Crippen LogP contribution in [0.5, 0.6) is 0 Å². The number of hydrogen-bond acceptors (Lipinski definition) is 5. The molecule has 4 rings (SSSR count). The van der Waals surface area contributed by atoms with Crippen LogP contribution in [0.2, 0.25) is 0 Å². The van der Waals surface area contributed by atoms with Crippen LogP contribution in [0.25, 0.3) is 10.8 Å². The van der Waals surface area contributed by atoms with E-state index in [1.54, 1.807) is 0 Å². The van der Waals surface area contributed by atoms with Crippen LogP contribution < -0.4 is 5.73 Å². The lowest BCUT2D eigenvalue weighted by Gasteiger charge is -2.33. The molecule has 1 aliphatic carbocycles. The van der Waals surface area contributed by atoms with Crippen molar-refractivity contribution in [1.82, 2.24) is 0 Å². The topological polar surface area (TPSA) is 70.8 Å². The van der Waals surface area contributed by atoms with Crippen LogP contribution in [0.1, 0.15) is 38.2 Å². The predicted octanol–water partition coefficient (Wildman–Crippen LogP) is 4.04. The quantitative estimate of drug-likeness (QED) is 0.737. The van der Waals surface area contributed by atoms with Crippen molar-refractivity contribution < 1.29 is 19.0 Å². The third-order valence-corrected chi connectivity index (χ3v) is 6.18. The molecule has 0 amide bonds. The average Bonchev–Trinajstić information content (AvgIpc) is 3.25. The van der Waals surface area contributed by atoms with E-state index in [0.717, 1.165) is 19.3 Å². The van der Waals surface area contributed by atoms with Gasteiger partial charge in [-0.25, -0.2) is 0 Å². The minimum Gasteiger partial charge on any atom is -0.459 e. The number of ether oxygens (including phenoxy) is 3. The van der Waals surface area contributed by atoms with Crippen LogP contribution in [0.3, 0.4) is 0 Å². The highest BCUT2D eigenvalue weighted by atomic mass is 35.5. The zero-order valence-corrected chi connectivity index (χ0v) is 18.3. The average molecular weight is 434 g/mol. The normalized spacial score (nSPS) is 28.3. The van der Waals surface area contributed by atoms with E-state index < -0.39 is 12.0 Å². The Kier molecular flexibility index (Phi) is 8.12. The molecule has 1 saturated heterocycles. The molecule has 1 saturated carbocycles. The van der Waals surface area contributed by atoms with E-state index >= 15 is 0 Å². The van der Waals surface area contributed by atoms with Crippen LogP contribution in [-0.2, 0) is 25.4 Å². The molecule has 0 bridgehead atoms. The summed E-state index contributed by atoms with van der Waals surface area (Å²) in [4.78, 5) is 12.3. The Morgan fingerprint density at radius 3 is 2.60 bits per heavy atom. The van der Waals surface area contributed by atoms with Crippen LogP contribution in [-0.4, -0.2) is 43.5 Å². The molecule has 164 valence electrons. The second-order valence-electron chi connectivity index (χ2n) is 8.40. The van der Waals surface area contributed by atoms with E-state index in [0.29, 0.717) is 6.61 Å². The molecule has 1 heterocycles. The van der Waals surface area contributed by atoms with Gasteiger partial charge in [-0.2, -0.15) is 0 Å². The number of hydrogen-bond donors (Lipinski definition) is 1. The largest absolute Gasteiger partial charge is 0.459 e. The first-order valence-corrected chi connectivity index (χ1v) is 10.8. The molecule has 4 atom stereocenters. The first-order chi connectivity index (χ1) is 14.1. The van der Waals surface area contributed by atoms with Gasteiger partial charge in [0.25, 0.3) is 0 Å². The maximum atomic E-state index is 12.3. The maximum Gasteiger partial charge on any atom is 0.325 e. The molecular formula is C24H32ClNO4. The lowest BCUT2D eigenvalue weighted by molar-refractivity contribution is -0.163. The van der Waals surface area contributed by atoms with Gasteiger partial charge in [-0.15, -0.1) is 12.4 Å². The van der Waals surface area contributed by atoms with Gasteiger partial charge in [0.2, 0.25) is 0 Å². The Balaban J connectivity index is 0.00000256. The summed E-state index contributed by atoms with van der Waals surface area (Å²) in [6.45, 7) is 2.59. The van der Waals surface area contributed by atoms with E-state index in [9.17, 15) is 4.79 Å². The van der Waals surface area contributed by atoms with Crippen molar-refractivity contribution in [1.29, 1.82) is 0 Å². The number of rotatable bonds is 4. The van der Waals surface area contributed by atoms with Gasteiger partial charge in [-0.1, -0.05) is 55.3 Å². The van der Waals surface area contributed by atoms with Crippen LogP contribution in [0, 0.1) is 5.92 Å². The summed E-state index contributed by atoms with van der Waals surface area (Å²) in [5.41, 5.74) is 7.18. The minimum absolute atomic E-state index is 0. The van der Waals surface area contributed by atoms with Gasteiger partial charge in [0.15, 0.2) is 0 Å². The van der Waals surface area contributed by atoms with Gasteiger partial charge >= 0.3 is 5.97 Å². The van der Waals surface area contributed by atoms with Crippen molar-refractivity contribution >= 4 is 29.1 Å². The van der Waals surface area contributed by atoms with Crippen molar-refractivity contribution in [2.75, 3.05) is 13.2 Å². The molecule has 1 aliphatic heterocycles. The van der Waals surface area contributed by atoms with Gasteiger partial charge in [-0.3, -0.25) is 4.79 Å². The summed E-state index contributed by atoms with van der Waals surface area (Å²) in [6.07, 6.45) is 4.97. The molecule has 2 aromatic carbocycles. The SMILES string of the molecule is C[C@@H]1OC(=O)[C@@H](N)COC[C@H](Cc2cccc3ccccc23)[C@H]1OC1CCCC1.Cl. The van der Waals surface area contributed by atoms with Crippen LogP contribution in [0.15, 0.2) is 42.5 Å². The molecular weight excluding hydrogens is 402 g/mol. The molecule has 0 radical (unpaired) electrons. The van der Waals surface area contributed by atoms with Gasteiger partial charge in [0.05, 0.1) is 25.4 Å². The van der Waals surface area contributed by atoms with Gasteiger partial charge < -0.3 is 19.9 Å². The smallest absolute Gasteiger partial charge is 0.325 e. The highest BCUT2D eigenvalue weighted by Crippen LogP contribution is 2.30. The Morgan fingerprint density at radius 2 is 1.80 bits per heavy atom. The molecule has 2 aliphatic rings. The van der Waals surface area contributed by atoms with E-state index in [-0.39, 0.29) is 43.2 Å². The van der Waals surface area contributed by atoms with Crippen LogP contribution >= 0.6 is 12.4 Å². The Labute approximate surface area is 184 Å². The number of esters is 1. The van der Waals surface area contributed by atoms with Crippen molar-refractivity contribution in [3.63, 3.8) is 0 Å². The monoisotopic (exact) mass is 433 g/mol. The summed E-state index contributed by atoms with van der Waals surface area (Å²) >= 11 is 0. The van der Waals surface area contributed by atoms with E-state index in [2.05, 4.69) is 42.5 Å². The summed E-state index contributed by atoms with van der Waals surface area (Å²) in [6, 6.07) is 14.1. The standard InChI is InChI=1S/C24H31NO4.ClH/c1-16-23(29-20-10-3-4-11-20)19(14-27-15-22(25)24(26)28-16)13-18-9-6-8-17-7-2-5-12-21(17)18;/h2,5-9,12,16,19-20,22-23H,3-4,10-11,13-15,25H2,1H3;1H/t16-,19-,22-,23-;/m0./s1. The lowest BCUT2D eigenvalue weighted by atomic mass is 9.89. The minimum atomic E-state index is -0.749. The Bertz CT molecular complexity index is 834. The predicted molar refractivity (Wildman–Crippen MR) is 120 cm³/mol. The van der Waals surface area contributed by atoms with Crippen molar-refractivity contribution in [3.05, 3.63) is 48.0 Å². The number of halogens is 1. The van der Waals surface area contributed by atoms with E-state index in [1.807, 2.05) is 6.92 Å². The third kappa shape index (κ3) is 5.33. The fraction of sp³-hybridized carbons (Fsp3) is 0.542. The number of fused-ring (bicyclic) bond motifs is 1. The second kappa shape index (κ2) is 10.6. The Hall–Kier alpha value is -1.66. The number of carbonyl (C=O) groups is 1. The zero-order chi connectivity index (χ0) is 20.2. The van der Waals surface area contributed by atoms with Gasteiger partial charge in [0, 0.05) is 5.92 Å². The summed E-state index contributed by atoms with van der Waals surface area (Å²) in [5, 5.41) is 2.47.